The van der Waals surface area contributed by atoms with E-state index in [4.69, 9.17) is 0 Å². The molecule has 96 valence electrons. The Morgan fingerprint density at radius 1 is 1.12 bits per heavy atom. The van der Waals surface area contributed by atoms with E-state index < -0.39 is 0 Å². The van der Waals surface area contributed by atoms with Crippen LogP contribution in [0.1, 0.15) is 31.7 Å². The predicted octanol–water partition coefficient (Wildman–Crippen LogP) is 2.24. The molecule has 0 saturated carbocycles. The van der Waals surface area contributed by atoms with Crippen LogP contribution < -0.4 is 5.32 Å². The normalized spacial score (nSPS) is 10.9. The summed E-state index contributed by atoms with van der Waals surface area (Å²) in [6.45, 7) is 12.6. The average molecular weight is 236 g/mol. The van der Waals surface area contributed by atoms with Gasteiger partial charge in [0.15, 0.2) is 0 Å². The number of nitrogens with one attached hydrogen (secondary N) is 1. The third-order valence-electron chi connectivity index (χ3n) is 2.68. The lowest BCUT2D eigenvalue weighted by molar-refractivity contribution is 0.300. The molecule has 1 heterocycles. The van der Waals surface area contributed by atoms with Crippen molar-refractivity contribution in [3.63, 3.8) is 0 Å². The van der Waals surface area contributed by atoms with E-state index in [1.54, 1.807) is 0 Å². The van der Waals surface area contributed by atoms with Crippen molar-refractivity contribution in [2.45, 2.75) is 34.1 Å². The van der Waals surface area contributed by atoms with Crippen LogP contribution in [0.25, 0.3) is 0 Å². The fraction of sp³-hybridized carbons (Fsp3) is 0.692. The van der Waals surface area contributed by atoms with Gasteiger partial charge in [-0.2, -0.15) is 0 Å². The summed E-state index contributed by atoms with van der Waals surface area (Å²) in [6.07, 6.45) is 1.20. The van der Waals surface area contributed by atoms with Gasteiger partial charge in [-0.25, -0.2) is 9.97 Å². The highest BCUT2D eigenvalue weighted by Crippen LogP contribution is 2.03. The van der Waals surface area contributed by atoms with Crippen molar-refractivity contribution < 1.29 is 0 Å². The number of aromatic nitrogens is 2. The Morgan fingerprint density at radius 2 is 1.76 bits per heavy atom. The zero-order valence-electron chi connectivity index (χ0n) is 11.5. The van der Waals surface area contributed by atoms with Gasteiger partial charge in [0.1, 0.15) is 0 Å². The van der Waals surface area contributed by atoms with E-state index in [9.17, 15) is 0 Å². The second-order valence-corrected chi connectivity index (χ2v) is 4.34. The molecule has 0 radical (unpaired) electrons. The number of rotatable bonds is 7. The Labute approximate surface area is 104 Å². The lowest BCUT2D eigenvalue weighted by Gasteiger charge is -2.19. The molecule has 0 unspecified atom stereocenters. The molecular formula is C13H24N4. The largest absolute Gasteiger partial charge is 0.353 e. The molecule has 1 N–H and O–H groups in total. The lowest BCUT2D eigenvalue weighted by atomic mass is 10.3. The van der Waals surface area contributed by atoms with Crippen molar-refractivity contribution >= 4 is 5.95 Å². The number of hydrogen-bond donors (Lipinski definition) is 1. The second-order valence-electron chi connectivity index (χ2n) is 4.34. The number of anilines is 1. The van der Waals surface area contributed by atoms with Crippen LogP contribution in [0, 0.1) is 13.8 Å². The van der Waals surface area contributed by atoms with Gasteiger partial charge in [-0.05, 0) is 39.4 Å². The zero-order chi connectivity index (χ0) is 12.7. The molecule has 0 aliphatic heterocycles. The van der Waals surface area contributed by atoms with E-state index >= 15 is 0 Å². The highest BCUT2D eigenvalue weighted by atomic mass is 15.2. The molecule has 0 aromatic carbocycles. The molecule has 4 heteroatoms. The Bertz CT molecular complexity index is 318. The molecule has 0 saturated heterocycles. The van der Waals surface area contributed by atoms with Gasteiger partial charge in [-0.3, -0.25) is 0 Å². The summed E-state index contributed by atoms with van der Waals surface area (Å²) >= 11 is 0. The molecule has 0 bridgehead atoms. The number of hydrogen-bond acceptors (Lipinski definition) is 4. The quantitative estimate of drug-likeness (QED) is 0.788. The summed E-state index contributed by atoms with van der Waals surface area (Å²) in [7, 11) is 0. The maximum Gasteiger partial charge on any atom is 0.223 e. The molecule has 0 aliphatic rings. The molecule has 17 heavy (non-hydrogen) atoms. The molecule has 1 aromatic rings. The van der Waals surface area contributed by atoms with Crippen LogP contribution in [0.3, 0.4) is 0 Å². The first kappa shape index (κ1) is 13.9. The van der Waals surface area contributed by atoms with E-state index in [2.05, 4.69) is 34.0 Å². The fourth-order valence-corrected chi connectivity index (χ4v) is 1.88. The van der Waals surface area contributed by atoms with Crippen LogP contribution in [0.15, 0.2) is 6.07 Å². The third kappa shape index (κ3) is 5.13. The van der Waals surface area contributed by atoms with Crippen LogP contribution in [0.2, 0.25) is 0 Å². The van der Waals surface area contributed by atoms with Crippen LogP contribution >= 0.6 is 0 Å². The van der Waals surface area contributed by atoms with Crippen LogP contribution in [0.4, 0.5) is 5.95 Å². The smallest absolute Gasteiger partial charge is 0.223 e. The summed E-state index contributed by atoms with van der Waals surface area (Å²) in [5, 5.41) is 3.29. The Morgan fingerprint density at radius 3 is 2.29 bits per heavy atom. The van der Waals surface area contributed by atoms with Crippen LogP contribution in [-0.2, 0) is 0 Å². The van der Waals surface area contributed by atoms with Crippen molar-refractivity contribution in [3.05, 3.63) is 17.5 Å². The maximum absolute atomic E-state index is 4.36. The molecule has 1 aromatic heterocycles. The number of nitrogens with zero attached hydrogens (tertiary/aromatic N) is 3. The second kappa shape index (κ2) is 7.22. The predicted molar refractivity (Wildman–Crippen MR) is 72.4 cm³/mol. The van der Waals surface area contributed by atoms with Crippen molar-refractivity contribution in [1.29, 1.82) is 0 Å². The minimum Gasteiger partial charge on any atom is -0.353 e. The number of likely N-dealkylation sites (N-methyl/N-ethyl adjacent to an activating group) is 1. The standard InChI is InChI=1S/C13H24N4/c1-5-8-17(6-2)9-7-14-13-15-11(3)10-12(4)16-13/h10H,5-9H2,1-4H3,(H,14,15,16). The molecule has 0 atom stereocenters. The van der Waals surface area contributed by atoms with E-state index in [-0.39, 0.29) is 0 Å². The van der Waals surface area contributed by atoms with Gasteiger partial charge in [0.2, 0.25) is 5.95 Å². The highest BCUT2D eigenvalue weighted by Gasteiger charge is 2.02. The van der Waals surface area contributed by atoms with Gasteiger partial charge in [-0.1, -0.05) is 13.8 Å². The average Bonchev–Trinajstić information content (AvgIpc) is 2.26. The van der Waals surface area contributed by atoms with Crippen molar-refractivity contribution in [3.8, 4) is 0 Å². The third-order valence-corrected chi connectivity index (χ3v) is 2.68. The highest BCUT2D eigenvalue weighted by molar-refractivity contribution is 5.27. The molecule has 4 nitrogen and oxygen atoms in total. The van der Waals surface area contributed by atoms with E-state index in [0.29, 0.717) is 0 Å². The van der Waals surface area contributed by atoms with Gasteiger partial charge >= 0.3 is 0 Å². The molecule has 0 aliphatic carbocycles. The van der Waals surface area contributed by atoms with Gasteiger partial charge in [0.25, 0.3) is 0 Å². The lowest BCUT2D eigenvalue weighted by Crippen LogP contribution is -2.30. The van der Waals surface area contributed by atoms with E-state index in [1.165, 1.54) is 6.42 Å². The summed E-state index contributed by atoms with van der Waals surface area (Å²) in [5.41, 5.74) is 2.03. The Balaban J connectivity index is 2.39. The molecule has 0 fully saturated rings. The van der Waals surface area contributed by atoms with Crippen molar-refractivity contribution in [2.75, 3.05) is 31.5 Å². The summed E-state index contributed by atoms with van der Waals surface area (Å²) in [4.78, 5) is 11.2. The van der Waals surface area contributed by atoms with Crippen LogP contribution in [0.5, 0.6) is 0 Å². The summed E-state index contributed by atoms with van der Waals surface area (Å²) in [5.74, 6) is 0.745. The van der Waals surface area contributed by atoms with E-state index in [1.807, 2.05) is 19.9 Å². The number of aryl methyl sites for hydroxylation is 2. The molecule has 1 rings (SSSR count). The molecule has 0 amide bonds. The first-order valence-electron chi connectivity index (χ1n) is 6.44. The molecular weight excluding hydrogens is 212 g/mol. The SMILES string of the molecule is CCCN(CC)CCNc1nc(C)cc(C)n1. The Hall–Kier alpha value is -1.16. The summed E-state index contributed by atoms with van der Waals surface area (Å²) in [6, 6.07) is 1.99. The van der Waals surface area contributed by atoms with Crippen molar-refractivity contribution in [1.82, 2.24) is 14.9 Å². The molecule has 0 spiro atoms. The zero-order valence-corrected chi connectivity index (χ0v) is 11.5. The first-order valence-corrected chi connectivity index (χ1v) is 6.44. The monoisotopic (exact) mass is 236 g/mol. The minimum atomic E-state index is 0.745. The fourth-order valence-electron chi connectivity index (χ4n) is 1.88. The maximum atomic E-state index is 4.36. The van der Waals surface area contributed by atoms with Gasteiger partial charge in [-0.15, -0.1) is 0 Å². The van der Waals surface area contributed by atoms with Crippen LogP contribution in [-0.4, -0.2) is 41.0 Å². The minimum absolute atomic E-state index is 0.745. The van der Waals surface area contributed by atoms with Gasteiger partial charge in [0.05, 0.1) is 0 Å². The van der Waals surface area contributed by atoms with E-state index in [0.717, 1.165) is 43.5 Å². The van der Waals surface area contributed by atoms with Gasteiger partial charge in [0, 0.05) is 24.5 Å². The Kier molecular flexibility index (Phi) is 5.91. The summed E-state index contributed by atoms with van der Waals surface area (Å²) < 4.78 is 0. The first-order chi connectivity index (χ1) is 8.15. The van der Waals surface area contributed by atoms with Gasteiger partial charge < -0.3 is 10.2 Å². The topological polar surface area (TPSA) is 41.0 Å². The van der Waals surface area contributed by atoms with Crippen molar-refractivity contribution in [2.24, 2.45) is 0 Å².